The van der Waals surface area contributed by atoms with E-state index < -0.39 is 0 Å². The first-order chi connectivity index (χ1) is 10.7. The van der Waals surface area contributed by atoms with Gasteiger partial charge in [0.05, 0.1) is 11.7 Å². The molecule has 5 nitrogen and oxygen atoms in total. The van der Waals surface area contributed by atoms with Gasteiger partial charge < -0.3 is 10.1 Å². The number of hydrogen-bond donors (Lipinski definition) is 1. The van der Waals surface area contributed by atoms with E-state index in [0.717, 1.165) is 40.1 Å². The van der Waals surface area contributed by atoms with Gasteiger partial charge in [0.15, 0.2) is 0 Å². The predicted octanol–water partition coefficient (Wildman–Crippen LogP) is 3.25. The van der Waals surface area contributed by atoms with Gasteiger partial charge in [0.2, 0.25) is 5.91 Å². The molecule has 2 heterocycles. The van der Waals surface area contributed by atoms with Crippen molar-refractivity contribution in [3.8, 4) is 11.5 Å². The smallest absolute Gasteiger partial charge is 0.224 e. The molecule has 5 heteroatoms. The molecule has 1 aromatic heterocycles. The highest BCUT2D eigenvalue weighted by molar-refractivity contribution is 5.94. The average Bonchev–Trinajstić information content (AvgIpc) is 2.88. The van der Waals surface area contributed by atoms with Crippen LogP contribution in [0.3, 0.4) is 0 Å². The van der Waals surface area contributed by atoms with Crippen LogP contribution in [0.15, 0.2) is 42.6 Å². The Morgan fingerprint density at radius 1 is 1.14 bits per heavy atom. The lowest BCUT2D eigenvalue weighted by atomic mass is 10.0. The van der Waals surface area contributed by atoms with E-state index in [4.69, 9.17) is 4.74 Å². The quantitative estimate of drug-likeness (QED) is 0.789. The zero-order chi connectivity index (χ0) is 15.1. The Morgan fingerprint density at radius 3 is 2.86 bits per heavy atom. The van der Waals surface area contributed by atoms with E-state index in [-0.39, 0.29) is 5.91 Å². The zero-order valence-corrected chi connectivity index (χ0v) is 12.2. The van der Waals surface area contributed by atoms with Gasteiger partial charge in [0.25, 0.3) is 0 Å². The molecule has 0 atom stereocenters. The maximum absolute atomic E-state index is 11.4. The van der Waals surface area contributed by atoms with E-state index in [2.05, 4.69) is 10.4 Å². The van der Waals surface area contributed by atoms with Gasteiger partial charge in [-0.15, -0.1) is 0 Å². The SMILES string of the molecule is Cn1ncc2cc(Oc3ccc4c(c3)CCC(=O)N4)ccc21. The first-order valence-corrected chi connectivity index (χ1v) is 7.21. The van der Waals surface area contributed by atoms with Gasteiger partial charge in [-0.2, -0.15) is 5.10 Å². The monoisotopic (exact) mass is 293 g/mol. The fourth-order valence-electron chi connectivity index (χ4n) is 2.76. The number of benzene rings is 2. The lowest BCUT2D eigenvalue weighted by Crippen LogP contribution is -2.18. The molecular formula is C17H15N3O2. The number of fused-ring (bicyclic) bond motifs is 2. The average molecular weight is 293 g/mol. The van der Waals surface area contributed by atoms with Crippen molar-refractivity contribution in [2.75, 3.05) is 5.32 Å². The summed E-state index contributed by atoms with van der Waals surface area (Å²) >= 11 is 0. The second-order valence-electron chi connectivity index (χ2n) is 5.46. The van der Waals surface area contributed by atoms with E-state index in [1.54, 1.807) is 0 Å². The van der Waals surface area contributed by atoms with Crippen LogP contribution in [0, 0.1) is 0 Å². The van der Waals surface area contributed by atoms with Crippen molar-refractivity contribution in [3.63, 3.8) is 0 Å². The highest BCUT2D eigenvalue weighted by Gasteiger charge is 2.15. The summed E-state index contributed by atoms with van der Waals surface area (Å²) in [5.74, 6) is 1.63. The Labute approximate surface area is 127 Å². The lowest BCUT2D eigenvalue weighted by Gasteiger charge is -2.17. The highest BCUT2D eigenvalue weighted by Crippen LogP contribution is 2.30. The molecule has 0 fully saturated rings. The maximum Gasteiger partial charge on any atom is 0.224 e. The predicted molar refractivity (Wildman–Crippen MR) is 84.2 cm³/mol. The first kappa shape index (κ1) is 12.9. The normalized spacial score (nSPS) is 13.8. The van der Waals surface area contributed by atoms with Crippen molar-refractivity contribution in [1.29, 1.82) is 0 Å². The molecule has 1 amide bonds. The van der Waals surface area contributed by atoms with Crippen LogP contribution in [0.1, 0.15) is 12.0 Å². The molecule has 4 rings (SSSR count). The number of ether oxygens (including phenoxy) is 1. The lowest BCUT2D eigenvalue weighted by molar-refractivity contribution is -0.116. The topological polar surface area (TPSA) is 56.2 Å². The number of nitrogens with one attached hydrogen (secondary N) is 1. The Kier molecular flexibility index (Phi) is 2.85. The van der Waals surface area contributed by atoms with Gasteiger partial charge in [-0.05, 0) is 48.4 Å². The van der Waals surface area contributed by atoms with Gasteiger partial charge in [0.1, 0.15) is 11.5 Å². The van der Waals surface area contributed by atoms with Crippen molar-refractivity contribution in [2.45, 2.75) is 12.8 Å². The highest BCUT2D eigenvalue weighted by atomic mass is 16.5. The number of amides is 1. The van der Waals surface area contributed by atoms with Crippen molar-refractivity contribution >= 4 is 22.5 Å². The molecule has 0 saturated heterocycles. The van der Waals surface area contributed by atoms with E-state index in [1.165, 1.54) is 0 Å². The minimum absolute atomic E-state index is 0.0724. The van der Waals surface area contributed by atoms with Gasteiger partial charge in [-0.1, -0.05) is 0 Å². The Morgan fingerprint density at radius 2 is 1.95 bits per heavy atom. The van der Waals surface area contributed by atoms with E-state index in [1.807, 2.05) is 54.3 Å². The second-order valence-corrected chi connectivity index (χ2v) is 5.46. The second kappa shape index (κ2) is 4.87. The zero-order valence-electron chi connectivity index (χ0n) is 12.2. The number of anilines is 1. The van der Waals surface area contributed by atoms with Crippen LogP contribution in [0.2, 0.25) is 0 Å². The first-order valence-electron chi connectivity index (χ1n) is 7.21. The standard InChI is InChI=1S/C17H15N3O2/c1-20-16-6-4-14(9-12(16)10-18-20)22-13-3-5-15-11(8-13)2-7-17(21)19-15/h3-6,8-10H,2,7H2,1H3,(H,19,21). The van der Waals surface area contributed by atoms with Crippen LogP contribution in [-0.2, 0) is 18.3 Å². The molecule has 22 heavy (non-hydrogen) atoms. The summed E-state index contributed by atoms with van der Waals surface area (Å²) in [5.41, 5.74) is 3.06. The molecular weight excluding hydrogens is 278 g/mol. The van der Waals surface area contributed by atoms with E-state index >= 15 is 0 Å². The summed E-state index contributed by atoms with van der Waals surface area (Å²) in [6.45, 7) is 0. The molecule has 0 saturated carbocycles. The van der Waals surface area contributed by atoms with Crippen LogP contribution in [-0.4, -0.2) is 15.7 Å². The van der Waals surface area contributed by atoms with Gasteiger partial charge in [0, 0.05) is 24.5 Å². The minimum atomic E-state index is 0.0724. The van der Waals surface area contributed by atoms with Crippen molar-refractivity contribution < 1.29 is 9.53 Å². The number of hydrogen-bond acceptors (Lipinski definition) is 3. The number of aromatic nitrogens is 2. The van der Waals surface area contributed by atoms with Gasteiger partial charge >= 0.3 is 0 Å². The summed E-state index contributed by atoms with van der Waals surface area (Å²) in [5, 5.41) is 8.15. The summed E-state index contributed by atoms with van der Waals surface area (Å²) in [6, 6.07) is 11.7. The fourth-order valence-corrected chi connectivity index (χ4v) is 2.76. The molecule has 1 N–H and O–H groups in total. The molecule has 0 bridgehead atoms. The largest absolute Gasteiger partial charge is 0.457 e. The number of rotatable bonds is 2. The fraction of sp³-hybridized carbons (Fsp3) is 0.176. The number of nitrogens with zero attached hydrogens (tertiary/aromatic N) is 2. The van der Waals surface area contributed by atoms with E-state index in [9.17, 15) is 4.79 Å². The minimum Gasteiger partial charge on any atom is -0.457 e. The van der Waals surface area contributed by atoms with Crippen molar-refractivity contribution in [2.24, 2.45) is 7.05 Å². The summed E-state index contributed by atoms with van der Waals surface area (Å²) in [4.78, 5) is 11.4. The van der Waals surface area contributed by atoms with Crippen molar-refractivity contribution in [3.05, 3.63) is 48.2 Å². The van der Waals surface area contributed by atoms with Crippen LogP contribution in [0.4, 0.5) is 5.69 Å². The van der Waals surface area contributed by atoms with Crippen LogP contribution < -0.4 is 10.1 Å². The molecule has 0 spiro atoms. The number of carbonyl (C=O) groups excluding carboxylic acids is 1. The summed E-state index contributed by atoms with van der Waals surface area (Å²) in [6.07, 6.45) is 3.10. The Bertz CT molecular complexity index is 883. The third-order valence-corrected chi connectivity index (χ3v) is 3.93. The molecule has 0 unspecified atom stereocenters. The number of aryl methyl sites for hydroxylation is 2. The van der Waals surface area contributed by atoms with Crippen LogP contribution in [0.25, 0.3) is 10.9 Å². The molecule has 3 aromatic rings. The third kappa shape index (κ3) is 2.20. The van der Waals surface area contributed by atoms with E-state index in [0.29, 0.717) is 6.42 Å². The molecule has 0 aliphatic carbocycles. The Balaban J connectivity index is 1.63. The molecule has 0 radical (unpaired) electrons. The van der Waals surface area contributed by atoms with Crippen LogP contribution in [0.5, 0.6) is 11.5 Å². The Hall–Kier alpha value is -2.82. The molecule has 1 aliphatic rings. The van der Waals surface area contributed by atoms with Crippen LogP contribution >= 0.6 is 0 Å². The van der Waals surface area contributed by atoms with Gasteiger partial charge in [-0.25, -0.2) is 0 Å². The molecule has 2 aromatic carbocycles. The molecule has 110 valence electrons. The number of carbonyl (C=O) groups is 1. The summed E-state index contributed by atoms with van der Waals surface area (Å²) in [7, 11) is 1.92. The summed E-state index contributed by atoms with van der Waals surface area (Å²) < 4.78 is 7.77. The van der Waals surface area contributed by atoms with Crippen molar-refractivity contribution in [1.82, 2.24) is 9.78 Å². The van der Waals surface area contributed by atoms with Gasteiger partial charge in [-0.3, -0.25) is 9.48 Å². The third-order valence-electron chi connectivity index (χ3n) is 3.93. The molecule has 1 aliphatic heterocycles. The maximum atomic E-state index is 11.4.